The molecule has 0 radical (unpaired) electrons. The van der Waals surface area contributed by atoms with Crippen LogP contribution < -0.4 is 10.6 Å². The fraction of sp³-hybridized carbons (Fsp3) is 0.828. The number of nitrogens with one attached hydrogen (secondary N) is 2. The van der Waals surface area contributed by atoms with Crippen molar-refractivity contribution in [1.29, 1.82) is 0 Å². The largest absolute Gasteiger partial charge is 0.481 e. The van der Waals surface area contributed by atoms with Gasteiger partial charge in [0, 0.05) is 24.9 Å². The summed E-state index contributed by atoms with van der Waals surface area (Å²) in [5, 5.41) is 33.8. The molecule has 0 saturated heterocycles. The van der Waals surface area contributed by atoms with Crippen LogP contribution in [0.2, 0.25) is 0 Å². The Balaban J connectivity index is 3.82. The van der Waals surface area contributed by atoms with E-state index in [9.17, 15) is 29.7 Å². The van der Waals surface area contributed by atoms with E-state index < -0.39 is 29.3 Å². The molecule has 0 spiro atoms. The SMILES string of the molecule is CCCCCCCC/C=C\CCCCCCCC(=O)NCCC(CNC(=O)[C@@H](O)C(C)(C)CO)C(=O)O. The quantitative estimate of drug-likeness (QED) is 0.0911. The summed E-state index contributed by atoms with van der Waals surface area (Å²) in [5.74, 6) is -2.78. The Bertz CT molecular complexity index is 650. The van der Waals surface area contributed by atoms with Gasteiger partial charge in [-0.25, -0.2) is 0 Å². The van der Waals surface area contributed by atoms with Gasteiger partial charge < -0.3 is 26.0 Å². The number of hydrogen-bond donors (Lipinski definition) is 5. The second-order valence-corrected chi connectivity index (χ2v) is 10.8. The Hall–Kier alpha value is -1.93. The van der Waals surface area contributed by atoms with Crippen molar-refractivity contribution in [3.05, 3.63) is 12.2 Å². The first-order valence-electron chi connectivity index (χ1n) is 14.4. The van der Waals surface area contributed by atoms with E-state index in [0.29, 0.717) is 6.42 Å². The van der Waals surface area contributed by atoms with E-state index in [0.717, 1.165) is 25.7 Å². The van der Waals surface area contributed by atoms with Gasteiger partial charge >= 0.3 is 5.97 Å². The third-order valence-electron chi connectivity index (χ3n) is 6.75. The average Bonchev–Trinajstić information content (AvgIpc) is 2.87. The van der Waals surface area contributed by atoms with Crippen LogP contribution in [0.25, 0.3) is 0 Å². The van der Waals surface area contributed by atoms with Crippen LogP contribution in [0, 0.1) is 11.3 Å². The summed E-state index contributed by atoms with van der Waals surface area (Å²) in [6, 6.07) is 0. The molecule has 8 heteroatoms. The molecule has 0 fully saturated rings. The van der Waals surface area contributed by atoms with Crippen LogP contribution in [0.5, 0.6) is 0 Å². The third kappa shape index (κ3) is 18.9. The zero-order valence-corrected chi connectivity index (χ0v) is 23.6. The molecular formula is C29H54N2O6. The van der Waals surface area contributed by atoms with Gasteiger partial charge in [0.1, 0.15) is 6.10 Å². The number of rotatable bonds is 24. The number of aliphatic hydroxyl groups excluding tert-OH is 2. The minimum atomic E-state index is -1.45. The molecule has 0 saturated carbocycles. The van der Waals surface area contributed by atoms with Crippen molar-refractivity contribution < 1.29 is 29.7 Å². The molecule has 0 aliphatic heterocycles. The van der Waals surface area contributed by atoms with Gasteiger partial charge in [-0.15, -0.1) is 0 Å². The lowest BCUT2D eigenvalue weighted by molar-refractivity contribution is -0.143. The number of allylic oxidation sites excluding steroid dienone is 2. The van der Waals surface area contributed by atoms with Gasteiger partial charge in [-0.05, 0) is 38.5 Å². The predicted molar refractivity (Wildman–Crippen MR) is 148 cm³/mol. The summed E-state index contributed by atoms with van der Waals surface area (Å²) in [6.07, 6.45) is 19.4. The van der Waals surface area contributed by atoms with Gasteiger partial charge in [-0.2, -0.15) is 0 Å². The van der Waals surface area contributed by atoms with E-state index in [1.807, 2.05) is 0 Å². The molecule has 5 N–H and O–H groups in total. The number of carboxylic acids is 1. The van der Waals surface area contributed by atoms with Crippen LogP contribution in [0.4, 0.5) is 0 Å². The monoisotopic (exact) mass is 526 g/mol. The molecule has 37 heavy (non-hydrogen) atoms. The van der Waals surface area contributed by atoms with Crippen LogP contribution in [0.3, 0.4) is 0 Å². The zero-order valence-electron chi connectivity index (χ0n) is 23.6. The van der Waals surface area contributed by atoms with Crippen LogP contribution >= 0.6 is 0 Å². The summed E-state index contributed by atoms with van der Waals surface area (Å²) < 4.78 is 0. The maximum Gasteiger partial charge on any atom is 0.308 e. The van der Waals surface area contributed by atoms with Crippen LogP contribution in [-0.2, 0) is 14.4 Å². The maximum atomic E-state index is 12.0. The molecule has 0 aromatic rings. The Kier molecular flexibility index (Phi) is 20.9. The smallest absolute Gasteiger partial charge is 0.308 e. The Morgan fingerprint density at radius 2 is 1.38 bits per heavy atom. The second kappa shape index (κ2) is 22.1. The van der Waals surface area contributed by atoms with E-state index in [-0.39, 0.29) is 32.0 Å². The number of unbranched alkanes of at least 4 members (excludes halogenated alkanes) is 11. The summed E-state index contributed by atoms with van der Waals surface area (Å²) in [7, 11) is 0. The minimum absolute atomic E-state index is 0.0917. The fourth-order valence-corrected chi connectivity index (χ4v) is 3.91. The first-order chi connectivity index (χ1) is 17.7. The molecule has 0 bridgehead atoms. The highest BCUT2D eigenvalue weighted by molar-refractivity contribution is 5.82. The molecule has 0 aromatic carbocycles. The molecule has 0 aromatic heterocycles. The Morgan fingerprint density at radius 3 is 1.92 bits per heavy atom. The summed E-state index contributed by atoms with van der Waals surface area (Å²) in [4.78, 5) is 35.5. The molecule has 0 rings (SSSR count). The second-order valence-electron chi connectivity index (χ2n) is 10.8. The Labute approximate surface area is 224 Å². The number of carbonyl (C=O) groups is 3. The molecule has 1 unspecified atom stereocenters. The van der Waals surface area contributed by atoms with Crippen LogP contribution in [0.15, 0.2) is 12.2 Å². The molecule has 8 nitrogen and oxygen atoms in total. The number of hydrogen-bond acceptors (Lipinski definition) is 5. The van der Waals surface area contributed by atoms with Gasteiger partial charge in [-0.3, -0.25) is 14.4 Å². The Morgan fingerprint density at radius 1 is 0.838 bits per heavy atom. The van der Waals surface area contributed by atoms with Crippen LogP contribution in [0.1, 0.15) is 117 Å². The third-order valence-corrected chi connectivity index (χ3v) is 6.75. The highest BCUT2D eigenvalue weighted by atomic mass is 16.4. The lowest BCUT2D eigenvalue weighted by Crippen LogP contribution is -2.47. The van der Waals surface area contributed by atoms with Crippen molar-refractivity contribution in [2.45, 2.75) is 123 Å². The molecular weight excluding hydrogens is 472 g/mol. The first kappa shape index (κ1) is 35.1. The zero-order chi connectivity index (χ0) is 27.9. The maximum absolute atomic E-state index is 12.0. The summed E-state index contributed by atoms with van der Waals surface area (Å²) in [6.45, 7) is 4.99. The van der Waals surface area contributed by atoms with Crippen molar-refractivity contribution in [2.75, 3.05) is 19.7 Å². The molecule has 0 aliphatic carbocycles. The fourth-order valence-electron chi connectivity index (χ4n) is 3.91. The van der Waals surface area contributed by atoms with Crippen molar-refractivity contribution >= 4 is 17.8 Å². The standard InChI is InChI=1S/C29H54N2O6/c1-4-5-6-7-8-9-10-11-12-13-14-15-16-17-18-19-25(33)30-21-20-24(28(36)37)22-31-27(35)26(34)29(2,3)23-32/h11-12,24,26,32,34H,4-10,13-23H2,1-3H3,(H,30,33)(H,31,35)(H,36,37)/b12-11-/t24?,26-/m1/s1. The molecule has 2 amide bonds. The lowest BCUT2D eigenvalue weighted by atomic mass is 9.87. The van der Waals surface area contributed by atoms with Gasteiger partial charge in [0.2, 0.25) is 11.8 Å². The highest BCUT2D eigenvalue weighted by Gasteiger charge is 2.33. The number of carbonyl (C=O) groups excluding carboxylic acids is 2. The van der Waals surface area contributed by atoms with Crippen molar-refractivity contribution in [3.63, 3.8) is 0 Å². The number of aliphatic carboxylic acids is 1. The van der Waals surface area contributed by atoms with Crippen molar-refractivity contribution in [2.24, 2.45) is 11.3 Å². The molecule has 0 heterocycles. The van der Waals surface area contributed by atoms with Gasteiger partial charge in [0.15, 0.2) is 0 Å². The van der Waals surface area contributed by atoms with E-state index in [2.05, 4.69) is 29.7 Å². The first-order valence-corrected chi connectivity index (χ1v) is 14.4. The summed E-state index contributed by atoms with van der Waals surface area (Å²) >= 11 is 0. The topological polar surface area (TPSA) is 136 Å². The molecule has 0 aliphatic rings. The van der Waals surface area contributed by atoms with Gasteiger partial charge in [0.05, 0.1) is 12.5 Å². The molecule has 2 atom stereocenters. The number of amides is 2. The predicted octanol–water partition coefficient (Wildman–Crippen LogP) is 4.73. The van der Waals surface area contributed by atoms with E-state index >= 15 is 0 Å². The van der Waals surface area contributed by atoms with Crippen molar-refractivity contribution in [3.8, 4) is 0 Å². The number of carboxylic acid groups (broad SMARTS) is 1. The normalized spacial score (nSPS) is 13.4. The molecule has 216 valence electrons. The van der Waals surface area contributed by atoms with Crippen LogP contribution in [-0.4, -0.2) is 58.9 Å². The summed E-state index contributed by atoms with van der Waals surface area (Å²) in [5.41, 5.74) is -1.03. The minimum Gasteiger partial charge on any atom is -0.481 e. The number of aliphatic hydroxyl groups is 2. The van der Waals surface area contributed by atoms with E-state index in [4.69, 9.17) is 0 Å². The highest BCUT2D eigenvalue weighted by Crippen LogP contribution is 2.19. The average molecular weight is 527 g/mol. The lowest BCUT2D eigenvalue weighted by Gasteiger charge is -2.27. The van der Waals surface area contributed by atoms with E-state index in [1.54, 1.807) is 0 Å². The van der Waals surface area contributed by atoms with Crippen molar-refractivity contribution in [1.82, 2.24) is 10.6 Å². The van der Waals surface area contributed by atoms with E-state index in [1.165, 1.54) is 71.6 Å². The van der Waals surface area contributed by atoms with Gasteiger partial charge in [0.25, 0.3) is 0 Å². The van der Waals surface area contributed by atoms with Gasteiger partial charge in [-0.1, -0.05) is 84.3 Å².